The van der Waals surface area contributed by atoms with Crippen molar-refractivity contribution >= 4 is 16.7 Å². The molecule has 0 bridgehead atoms. The maximum Gasteiger partial charge on any atom is 0.261 e. The number of amides is 1. The van der Waals surface area contributed by atoms with Crippen LogP contribution >= 0.6 is 0 Å². The molecule has 150 valence electrons. The monoisotopic (exact) mass is 388 g/mol. The van der Waals surface area contributed by atoms with Gasteiger partial charge in [0.2, 0.25) is 0 Å². The molecule has 0 spiro atoms. The molecule has 1 atom stereocenters. The molecule has 1 heterocycles. The molecule has 0 radical (unpaired) electrons. The largest absolute Gasteiger partial charge is 0.481 e. The zero-order valence-electron chi connectivity index (χ0n) is 16.9. The van der Waals surface area contributed by atoms with E-state index >= 15 is 0 Å². The van der Waals surface area contributed by atoms with Gasteiger partial charge < -0.3 is 10.1 Å². The molecule has 4 rings (SSSR count). The molecule has 1 N–H and O–H groups in total. The van der Waals surface area contributed by atoms with Crippen LogP contribution in [0.25, 0.3) is 10.8 Å². The number of fused-ring (bicyclic) bond motifs is 1. The number of benzene rings is 3. The maximum absolute atomic E-state index is 12.5. The Labute approximate surface area is 172 Å². The van der Waals surface area contributed by atoms with Crippen LogP contribution in [0.3, 0.4) is 0 Å². The van der Waals surface area contributed by atoms with E-state index in [1.807, 2.05) is 36.4 Å². The van der Waals surface area contributed by atoms with Crippen LogP contribution < -0.4 is 10.1 Å². The zero-order valence-corrected chi connectivity index (χ0v) is 16.9. The first-order valence-corrected chi connectivity index (χ1v) is 10.4. The van der Waals surface area contributed by atoms with E-state index in [-0.39, 0.29) is 5.91 Å². The quantitative estimate of drug-likeness (QED) is 0.647. The Balaban J connectivity index is 1.31. The Bertz CT molecular complexity index is 979. The second-order valence-electron chi connectivity index (χ2n) is 7.79. The highest BCUT2D eigenvalue weighted by Gasteiger charge is 2.15. The molecule has 0 saturated carbocycles. The first kappa shape index (κ1) is 19.5. The predicted octanol–water partition coefficient (Wildman–Crippen LogP) is 4.52. The number of nitrogens with zero attached hydrogens (tertiary/aromatic N) is 1. The van der Waals surface area contributed by atoms with Crippen LogP contribution in [0.1, 0.15) is 30.9 Å². The minimum absolute atomic E-state index is 0.108. The molecule has 1 aliphatic heterocycles. The lowest BCUT2D eigenvalue weighted by molar-refractivity contribution is -0.127. The van der Waals surface area contributed by atoms with Gasteiger partial charge in [-0.05, 0) is 66.9 Å². The minimum atomic E-state index is -0.552. The fraction of sp³-hybridized carbons (Fsp3) is 0.320. The second kappa shape index (κ2) is 9.10. The lowest BCUT2D eigenvalue weighted by Gasteiger charge is -2.17. The number of nitrogens with one attached hydrogen (secondary N) is 1. The van der Waals surface area contributed by atoms with Crippen LogP contribution in [-0.2, 0) is 17.9 Å². The van der Waals surface area contributed by atoms with Gasteiger partial charge in [0.25, 0.3) is 5.91 Å². The first-order chi connectivity index (χ1) is 14.2. The molecule has 3 aromatic rings. The molecule has 0 aliphatic carbocycles. The van der Waals surface area contributed by atoms with Gasteiger partial charge in [-0.2, -0.15) is 0 Å². The molecule has 1 saturated heterocycles. The van der Waals surface area contributed by atoms with Crippen molar-refractivity contribution < 1.29 is 9.53 Å². The Morgan fingerprint density at radius 2 is 1.72 bits per heavy atom. The van der Waals surface area contributed by atoms with E-state index in [1.165, 1.54) is 31.5 Å². The summed E-state index contributed by atoms with van der Waals surface area (Å²) in [6.45, 7) is 5.66. The van der Waals surface area contributed by atoms with Crippen molar-refractivity contribution in [1.29, 1.82) is 0 Å². The topological polar surface area (TPSA) is 41.6 Å². The van der Waals surface area contributed by atoms with E-state index in [2.05, 4.69) is 40.5 Å². The van der Waals surface area contributed by atoms with Crippen LogP contribution in [0.15, 0.2) is 66.7 Å². The maximum atomic E-state index is 12.5. The number of hydrogen-bond acceptors (Lipinski definition) is 3. The third-order valence-corrected chi connectivity index (χ3v) is 5.47. The molecule has 0 unspecified atom stereocenters. The van der Waals surface area contributed by atoms with E-state index in [1.54, 1.807) is 6.92 Å². The SMILES string of the molecule is C[C@H](Oc1ccc2ccccc2c1)C(=O)NCc1cccc(CN2CCCC2)c1. The van der Waals surface area contributed by atoms with E-state index in [0.29, 0.717) is 12.3 Å². The number of rotatable bonds is 7. The van der Waals surface area contributed by atoms with E-state index in [0.717, 1.165) is 22.9 Å². The highest BCUT2D eigenvalue weighted by molar-refractivity contribution is 5.84. The summed E-state index contributed by atoms with van der Waals surface area (Å²) in [4.78, 5) is 15.0. The van der Waals surface area contributed by atoms with Gasteiger partial charge in [0.15, 0.2) is 6.10 Å². The number of carbonyl (C=O) groups excluding carboxylic acids is 1. The molecule has 4 heteroatoms. The fourth-order valence-electron chi connectivity index (χ4n) is 3.87. The van der Waals surface area contributed by atoms with Crippen LogP contribution in [0.2, 0.25) is 0 Å². The molecule has 0 aromatic heterocycles. The molecule has 1 aliphatic rings. The summed E-state index contributed by atoms with van der Waals surface area (Å²) in [6.07, 6.45) is 2.04. The third-order valence-electron chi connectivity index (χ3n) is 5.47. The normalized spacial score (nSPS) is 15.3. The summed E-state index contributed by atoms with van der Waals surface area (Å²) < 4.78 is 5.87. The lowest BCUT2D eigenvalue weighted by Crippen LogP contribution is -2.35. The molecular weight excluding hydrogens is 360 g/mol. The summed E-state index contributed by atoms with van der Waals surface area (Å²) in [5, 5.41) is 5.26. The van der Waals surface area contributed by atoms with Gasteiger partial charge in [0, 0.05) is 13.1 Å². The average molecular weight is 389 g/mol. The highest BCUT2D eigenvalue weighted by atomic mass is 16.5. The summed E-state index contributed by atoms with van der Waals surface area (Å²) >= 11 is 0. The van der Waals surface area contributed by atoms with Crippen LogP contribution in [0.4, 0.5) is 0 Å². The van der Waals surface area contributed by atoms with Crippen LogP contribution in [0, 0.1) is 0 Å². The molecule has 4 nitrogen and oxygen atoms in total. The van der Waals surface area contributed by atoms with Gasteiger partial charge >= 0.3 is 0 Å². The zero-order chi connectivity index (χ0) is 20.1. The van der Waals surface area contributed by atoms with Gasteiger partial charge in [-0.3, -0.25) is 9.69 Å². The third kappa shape index (κ3) is 5.15. The summed E-state index contributed by atoms with van der Waals surface area (Å²) in [5.74, 6) is 0.599. The van der Waals surface area contributed by atoms with E-state index in [9.17, 15) is 4.79 Å². The summed E-state index contributed by atoms with van der Waals surface area (Å²) in [6, 6.07) is 22.5. The average Bonchev–Trinajstić information content (AvgIpc) is 3.25. The van der Waals surface area contributed by atoms with Crippen LogP contribution in [-0.4, -0.2) is 30.0 Å². The van der Waals surface area contributed by atoms with Crippen molar-refractivity contribution in [2.75, 3.05) is 13.1 Å². The summed E-state index contributed by atoms with van der Waals surface area (Å²) in [5.41, 5.74) is 2.42. The van der Waals surface area contributed by atoms with E-state index in [4.69, 9.17) is 4.74 Å². The first-order valence-electron chi connectivity index (χ1n) is 10.4. The van der Waals surface area contributed by atoms with Gasteiger partial charge in [0.05, 0.1) is 0 Å². The van der Waals surface area contributed by atoms with Gasteiger partial charge in [-0.15, -0.1) is 0 Å². The predicted molar refractivity (Wildman–Crippen MR) is 117 cm³/mol. The Morgan fingerprint density at radius 1 is 0.966 bits per heavy atom. The van der Waals surface area contributed by atoms with Crippen molar-refractivity contribution in [2.24, 2.45) is 0 Å². The van der Waals surface area contributed by atoms with Crippen molar-refractivity contribution in [3.8, 4) is 5.75 Å². The van der Waals surface area contributed by atoms with Crippen LogP contribution in [0.5, 0.6) is 5.75 Å². The number of likely N-dealkylation sites (tertiary alicyclic amines) is 1. The van der Waals surface area contributed by atoms with Gasteiger partial charge in [-0.25, -0.2) is 0 Å². The van der Waals surface area contributed by atoms with Crippen molar-refractivity contribution in [3.05, 3.63) is 77.9 Å². The van der Waals surface area contributed by atoms with Crippen molar-refractivity contribution in [1.82, 2.24) is 10.2 Å². The smallest absolute Gasteiger partial charge is 0.261 e. The molecular formula is C25H28N2O2. The Kier molecular flexibility index (Phi) is 6.11. The van der Waals surface area contributed by atoms with Gasteiger partial charge in [0.1, 0.15) is 5.75 Å². The van der Waals surface area contributed by atoms with Crippen molar-refractivity contribution in [3.63, 3.8) is 0 Å². The van der Waals surface area contributed by atoms with Crippen molar-refractivity contribution in [2.45, 2.75) is 39.0 Å². The number of hydrogen-bond donors (Lipinski definition) is 1. The number of carbonyl (C=O) groups is 1. The number of ether oxygens (including phenoxy) is 1. The van der Waals surface area contributed by atoms with Gasteiger partial charge in [-0.1, -0.05) is 54.6 Å². The molecule has 3 aromatic carbocycles. The Hall–Kier alpha value is -2.85. The standard InChI is InChI=1S/C25H28N2O2/c1-19(29-24-12-11-22-9-2-3-10-23(22)16-24)25(28)26-17-20-7-6-8-21(15-20)18-27-13-4-5-14-27/h2-3,6-12,15-16,19H,4-5,13-14,17-18H2,1H3,(H,26,28)/t19-/m0/s1. The lowest BCUT2D eigenvalue weighted by atomic mass is 10.1. The van der Waals surface area contributed by atoms with E-state index < -0.39 is 6.10 Å². The minimum Gasteiger partial charge on any atom is -0.481 e. The molecule has 1 amide bonds. The highest BCUT2D eigenvalue weighted by Crippen LogP contribution is 2.21. The Morgan fingerprint density at radius 3 is 2.55 bits per heavy atom. The molecule has 1 fully saturated rings. The summed E-state index contributed by atoms with van der Waals surface area (Å²) in [7, 11) is 0. The fourth-order valence-corrected chi connectivity index (χ4v) is 3.87. The molecule has 29 heavy (non-hydrogen) atoms. The second-order valence-corrected chi connectivity index (χ2v) is 7.79.